The normalized spacial score (nSPS) is 12.5. The number of amides is 2. The average molecular weight is 343 g/mol. The third kappa shape index (κ3) is 2.43. The summed E-state index contributed by atoms with van der Waals surface area (Å²) in [6, 6.07) is 15.1. The number of benzene rings is 2. The monoisotopic (exact) mass is 343 g/mol. The third-order valence-electron chi connectivity index (χ3n) is 4.81. The molecule has 4 N–H and O–H groups in total. The Balaban J connectivity index is 1.45. The van der Waals surface area contributed by atoms with Crippen LogP contribution in [0.25, 0.3) is 22.3 Å². The molecule has 1 aliphatic carbocycles. The van der Waals surface area contributed by atoms with E-state index in [0.29, 0.717) is 0 Å². The number of carbonyl (C=O) groups is 1. The largest absolute Gasteiger partial charge is 0.353 e. The van der Waals surface area contributed by atoms with Crippen LogP contribution in [0.3, 0.4) is 0 Å². The van der Waals surface area contributed by atoms with Crippen LogP contribution in [0, 0.1) is 0 Å². The molecule has 2 aromatic heterocycles. The number of fused-ring (bicyclic) bond motifs is 5. The highest BCUT2D eigenvalue weighted by atomic mass is 16.2. The zero-order chi connectivity index (χ0) is 17.5. The summed E-state index contributed by atoms with van der Waals surface area (Å²) >= 11 is 0. The topological polar surface area (TPSA) is 85.6 Å². The van der Waals surface area contributed by atoms with Crippen molar-refractivity contribution in [2.45, 2.75) is 12.8 Å². The van der Waals surface area contributed by atoms with Crippen molar-refractivity contribution < 1.29 is 4.79 Å². The second kappa shape index (κ2) is 5.77. The predicted octanol–water partition coefficient (Wildman–Crippen LogP) is 4.30. The second-order valence-corrected chi connectivity index (χ2v) is 6.45. The number of aromatic nitrogens is 3. The second-order valence-electron chi connectivity index (χ2n) is 6.45. The quantitative estimate of drug-likeness (QED) is 0.437. The number of para-hydroxylation sites is 1. The molecule has 128 valence electrons. The number of anilines is 2. The summed E-state index contributed by atoms with van der Waals surface area (Å²) in [5.74, 6) is 0. The lowest BCUT2D eigenvalue weighted by Crippen LogP contribution is -2.19. The van der Waals surface area contributed by atoms with Gasteiger partial charge >= 0.3 is 6.03 Å². The fraction of sp³-hybridized carbons (Fsp3) is 0.100. The molecule has 0 aliphatic heterocycles. The van der Waals surface area contributed by atoms with Crippen LogP contribution >= 0.6 is 0 Å². The van der Waals surface area contributed by atoms with Crippen LogP contribution in [-0.2, 0) is 12.8 Å². The van der Waals surface area contributed by atoms with Gasteiger partial charge in [-0.3, -0.25) is 5.10 Å². The van der Waals surface area contributed by atoms with Crippen molar-refractivity contribution >= 4 is 28.3 Å². The molecule has 0 fully saturated rings. The number of aryl methyl sites for hydroxylation is 2. The molecule has 2 amide bonds. The molecular formula is C20H17N5O. The predicted molar refractivity (Wildman–Crippen MR) is 102 cm³/mol. The summed E-state index contributed by atoms with van der Waals surface area (Å²) < 4.78 is 0. The highest BCUT2D eigenvalue weighted by Crippen LogP contribution is 2.37. The molecule has 2 aromatic carbocycles. The fourth-order valence-electron chi connectivity index (χ4n) is 3.59. The van der Waals surface area contributed by atoms with Crippen LogP contribution in [0.1, 0.15) is 11.1 Å². The lowest BCUT2D eigenvalue weighted by Gasteiger charge is -2.11. The van der Waals surface area contributed by atoms with Crippen LogP contribution in [0.5, 0.6) is 0 Å². The molecule has 6 heteroatoms. The summed E-state index contributed by atoms with van der Waals surface area (Å²) in [7, 11) is 0. The summed E-state index contributed by atoms with van der Waals surface area (Å²) in [5, 5.41) is 14.1. The van der Waals surface area contributed by atoms with E-state index in [0.717, 1.165) is 46.5 Å². The molecule has 26 heavy (non-hydrogen) atoms. The van der Waals surface area contributed by atoms with Gasteiger partial charge in [0, 0.05) is 22.3 Å². The van der Waals surface area contributed by atoms with E-state index in [4.69, 9.17) is 0 Å². The van der Waals surface area contributed by atoms with E-state index >= 15 is 0 Å². The van der Waals surface area contributed by atoms with Gasteiger partial charge in [-0.1, -0.05) is 18.2 Å². The summed E-state index contributed by atoms with van der Waals surface area (Å²) in [6.45, 7) is 0. The molecule has 1 aliphatic rings. The van der Waals surface area contributed by atoms with Gasteiger partial charge in [-0.25, -0.2) is 4.79 Å². The van der Waals surface area contributed by atoms with Gasteiger partial charge in [0.25, 0.3) is 0 Å². The van der Waals surface area contributed by atoms with Gasteiger partial charge in [0.05, 0.1) is 17.6 Å². The molecule has 0 bridgehead atoms. The number of urea groups is 1. The maximum absolute atomic E-state index is 12.2. The van der Waals surface area contributed by atoms with Crippen molar-refractivity contribution in [1.29, 1.82) is 0 Å². The Kier molecular flexibility index (Phi) is 3.28. The van der Waals surface area contributed by atoms with Crippen LogP contribution in [0.4, 0.5) is 16.2 Å². The number of rotatable bonds is 2. The van der Waals surface area contributed by atoms with Gasteiger partial charge in [0.2, 0.25) is 0 Å². The number of aromatic amines is 2. The first-order valence-electron chi connectivity index (χ1n) is 8.58. The van der Waals surface area contributed by atoms with Gasteiger partial charge in [-0.15, -0.1) is 0 Å². The first-order valence-corrected chi connectivity index (χ1v) is 8.58. The molecule has 0 radical (unpaired) electrons. The zero-order valence-corrected chi connectivity index (χ0v) is 14.0. The lowest BCUT2D eigenvalue weighted by molar-refractivity contribution is 0.262. The SMILES string of the molecule is O=C(Nc1ccccc1)Nc1ccc2[nH]c3c(c2c1)CCc1cn[nH]c1-3. The van der Waals surface area contributed by atoms with E-state index in [1.165, 1.54) is 11.1 Å². The molecule has 4 aromatic rings. The van der Waals surface area contributed by atoms with Crippen LogP contribution in [0.2, 0.25) is 0 Å². The van der Waals surface area contributed by atoms with Crippen molar-refractivity contribution in [3.05, 3.63) is 65.9 Å². The van der Waals surface area contributed by atoms with E-state index in [-0.39, 0.29) is 6.03 Å². The molecular weight excluding hydrogens is 326 g/mol. The number of H-pyrrole nitrogens is 2. The molecule has 0 unspecified atom stereocenters. The fourth-order valence-corrected chi connectivity index (χ4v) is 3.59. The maximum Gasteiger partial charge on any atom is 0.323 e. The van der Waals surface area contributed by atoms with Gasteiger partial charge in [-0.2, -0.15) is 5.10 Å². The molecule has 5 rings (SSSR count). The maximum atomic E-state index is 12.2. The standard InChI is InChI=1S/C20H17N5O/c26-20(22-13-4-2-1-3-5-13)23-14-7-9-17-16(10-14)15-8-6-12-11-21-25-18(12)19(15)24-17/h1-5,7,9-11,24H,6,8H2,(H,21,25)(H2,22,23,26). The van der Waals surface area contributed by atoms with Gasteiger partial charge in [-0.05, 0) is 54.3 Å². The van der Waals surface area contributed by atoms with Gasteiger partial charge in [0.15, 0.2) is 0 Å². The Morgan fingerprint density at radius 2 is 1.81 bits per heavy atom. The molecule has 0 saturated heterocycles. The lowest BCUT2D eigenvalue weighted by atomic mass is 9.94. The number of carbonyl (C=O) groups excluding carboxylic acids is 1. The highest BCUT2D eigenvalue weighted by molar-refractivity contribution is 6.02. The molecule has 0 saturated carbocycles. The Morgan fingerprint density at radius 3 is 2.69 bits per heavy atom. The Labute approximate surface area is 149 Å². The van der Waals surface area contributed by atoms with Gasteiger partial charge in [0.1, 0.15) is 0 Å². The zero-order valence-electron chi connectivity index (χ0n) is 14.0. The van der Waals surface area contributed by atoms with E-state index in [1.807, 2.05) is 54.7 Å². The van der Waals surface area contributed by atoms with E-state index < -0.39 is 0 Å². The van der Waals surface area contributed by atoms with Crippen molar-refractivity contribution in [2.24, 2.45) is 0 Å². The van der Waals surface area contributed by atoms with E-state index in [1.54, 1.807) is 0 Å². The summed E-state index contributed by atoms with van der Waals surface area (Å²) in [5.41, 5.74) is 7.27. The van der Waals surface area contributed by atoms with Crippen LogP contribution in [-0.4, -0.2) is 21.2 Å². The number of hydrogen-bond acceptors (Lipinski definition) is 2. The minimum Gasteiger partial charge on any atom is -0.353 e. The van der Waals surface area contributed by atoms with E-state index in [9.17, 15) is 4.79 Å². The van der Waals surface area contributed by atoms with Crippen molar-refractivity contribution in [1.82, 2.24) is 15.2 Å². The Morgan fingerprint density at radius 1 is 0.962 bits per heavy atom. The van der Waals surface area contributed by atoms with Crippen LogP contribution < -0.4 is 10.6 Å². The van der Waals surface area contributed by atoms with E-state index in [2.05, 4.69) is 25.8 Å². The van der Waals surface area contributed by atoms with Crippen molar-refractivity contribution in [3.63, 3.8) is 0 Å². The minimum absolute atomic E-state index is 0.254. The number of nitrogens with zero attached hydrogens (tertiary/aromatic N) is 1. The summed E-state index contributed by atoms with van der Waals surface area (Å²) in [6.07, 6.45) is 3.82. The number of nitrogens with one attached hydrogen (secondary N) is 4. The van der Waals surface area contributed by atoms with Crippen molar-refractivity contribution in [3.8, 4) is 11.4 Å². The van der Waals surface area contributed by atoms with Gasteiger partial charge < -0.3 is 15.6 Å². The first-order chi connectivity index (χ1) is 12.8. The molecule has 0 spiro atoms. The van der Waals surface area contributed by atoms with Crippen LogP contribution in [0.15, 0.2) is 54.7 Å². The average Bonchev–Trinajstić information content (AvgIpc) is 3.26. The number of hydrogen-bond donors (Lipinski definition) is 4. The molecule has 0 atom stereocenters. The Hall–Kier alpha value is -3.54. The first kappa shape index (κ1) is 14.8. The molecule has 6 nitrogen and oxygen atoms in total. The third-order valence-corrected chi connectivity index (χ3v) is 4.81. The summed E-state index contributed by atoms with van der Waals surface area (Å²) in [4.78, 5) is 15.7. The highest BCUT2D eigenvalue weighted by Gasteiger charge is 2.22. The molecule has 2 heterocycles. The van der Waals surface area contributed by atoms with Crippen molar-refractivity contribution in [2.75, 3.05) is 10.6 Å². The Bertz CT molecular complexity index is 1110. The minimum atomic E-state index is -0.254. The smallest absolute Gasteiger partial charge is 0.323 e.